The monoisotopic (exact) mass is 746 g/mol. The van der Waals surface area contributed by atoms with Crippen LogP contribution in [0.25, 0.3) is 0 Å². The lowest BCUT2D eigenvalue weighted by Crippen LogP contribution is -2.55. The topological polar surface area (TPSA) is 88.7 Å². The molecule has 0 radical (unpaired) electrons. The molecule has 284 valence electrons. The van der Waals surface area contributed by atoms with Crippen LogP contribution >= 0.6 is 24.8 Å². The number of halogens is 2. The quantitative estimate of drug-likeness (QED) is 0.400. The number of benzene rings is 2. The van der Waals surface area contributed by atoms with E-state index in [4.69, 9.17) is 4.74 Å². The normalized spacial score (nSPS) is 21.9. The Morgan fingerprint density at radius 1 is 0.725 bits per heavy atom. The number of amides is 3. The molecule has 4 aliphatic rings. The molecular formula is C39H60Cl2N6O4. The zero-order valence-corrected chi connectivity index (χ0v) is 32.5. The summed E-state index contributed by atoms with van der Waals surface area (Å²) < 4.78 is 5.39. The van der Waals surface area contributed by atoms with Crippen LogP contribution in [-0.4, -0.2) is 127 Å². The van der Waals surface area contributed by atoms with Crippen molar-refractivity contribution in [1.82, 2.24) is 29.8 Å². The zero-order chi connectivity index (χ0) is 34.6. The van der Waals surface area contributed by atoms with Crippen molar-refractivity contribution in [3.8, 4) is 0 Å². The van der Waals surface area contributed by atoms with Gasteiger partial charge < -0.3 is 19.9 Å². The number of carbonyl (C=O) groups excluding carboxylic acids is 3. The van der Waals surface area contributed by atoms with Crippen molar-refractivity contribution in [1.29, 1.82) is 0 Å². The molecule has 4 fully saturated rings. The van der Waals surface area contributed by atoms with E-state index >= 15 is 0 Å². The standard InChI is InChI=1S/C22H33N3O3.C17H25N3O.2ClH/c1-22(2,3)28-21(27)25-13-12-24(20(26)17-25)16-19-10-7-11-23(15-19)14-18-8-5-4-6-9-18;21-17-11-18-8-10-20(17)14-16-7-4-9-19(13-16)12-15-5-2-1-3-6-15;;/h4-6,8-9,19H,7,10-17H2,1-3H3;1-3,5-6,16,18H,4,7-14H2;2*1H. The van der Waals surface area contributed by atoms with Gasteiger partial charge in [0.1, 0.15) is 12.1 Å². The van der Waals surface area contributed by atoms with Crippen molar-refractivity contribution in [2.45, 2.75) is 65.1 Å². The van der Waals surface area contributed by atoms with Gasteiger partial charge in [0.15, 0.2) is 0 Å². The van der Waals surface area contributed by atoms with Crippen molar-refractivity contribution in [3.63, 3.8) is 0 Å². The largest absolute Gasteiger partial charge is 0.444 e. The Balaban J connectivity index is 0.000000274. The molecule has 2 atom stereocenters. The first-order chi connectivity index (χ1) is 23.6. The maximum Gasteiger partial charge on any atom is 0.410 e. The number of hydrogen-bond donors (Lipinski definition) is 1. The third-order valence-corrected chi connectivity index (χ3v) is 9.82. The van der Waals surface area contributed by atoms with E-state index in [0.717, 1.165) is 65.3 Å². The van der Waals surface area contributed by atoms with Crippen LogP contribution in [0.15, 0.2) is 60.7 Å². The fraction of sp³-hybridized carbons (Fsp3) is 0.615. The van der Waals surface area contributed by atoms with E-state index in [0.29, 0.717) is 31.5 Å². The first kappa shape index (κ1) is 42.5. The molecule has 0 spiro atoms. The third kappa shape index (κ3) is 14.2. The van der Waals surface area contributed by atoms with Crippen LogP contribution in [-0.2, 0) is 27.4 Å². The van der Waals surface area contributed by atoms with E-state index in [1.54, 1.807) is 0 Å². The van der Waals surface area contributed by atoms with E-state index in [-0.39, 0.29) is 43.2 Å². The van der Waals surface area contributed by atoms with E-state index in [1.165, 1.54) is 41.8 Å². The fourth-order valence-electron chi connectivity index (χ4n) is 7.42. The van der Waals surface area contributed by atoms with Crippen LogP contribution in [0, 0.1) is 11.8 Å². The summed E-state index contributed by atoms with van der Waals surface area (Å²) in [4.78, 5) is 47.2. The summed E-state index contributed by atoms with van der Waals surface area (Å²) in [5, 5.41) is 3.14. The number of rotatable bonds is 8. The Bertz CT molecular complexity index is 1350. The van der Waals surface area contributed by atoms with Crippen molar-refractivity contribution in [3.05, 3.63) is 71.8 Å². The second-order valence-corrected chi connectivity index (χ2v) is 15.2. The molecule has 2 aromatic rings. The fourth-order valence-corrected chi connectivity index (χ4v) is 7.42. The van der Waals surface area contributed by atoms with Gasteiger partial charge in [0.05, 0.1) is 6.54 Å². The molecule has 51 heavy (non-hydrogen) atoms. The predicted octanol–water partition coefficient (Wildman–Crippen LogP) is 5.15. The molecular weight excluding hydrogens is 687 g/mol. The van der Waals surface area contributed by atoms with Crippen LogP contribution in [0.5, 0.6) is 0 Å². The highest BCUT2D eigenvalue weighted by Gasteiger charge is 2.32. The minimum atomic E-state index is -0.540. The summed E-state index contributed by atoms with van der Waals surface area (Å²) in [6, 6.07) is 21.2. The number of piperidine rings is 2. The second-order valence-electron chi connectivity index (χ2n) is 15.2. The Labute approximate surface area is 318 Å². The van der Waals surface area contributed by atoms with Crippen LogP contribution in [0.2, 0.25) is 0 Å². The Kier molecular flexibility index (Phi) is 17.5. The summed E-state index contributed by atoms with van der Waals surface area (Å²) in [7, 11) is 0. The molecule has 1 N–H and O–H groups in total. The number of nitrogens with zero attached hydrogens (tertiary/aromatic N) is 5. The SMILES string of the molecule is CC(C)(C)OC(=O)N1CCN(CC2CCCN(Cc3ccccc3)C2)C(=O)C1.Cl.Cl.O=C1CNCCN1CC1CCCN(Cc2ccccc2)C1. The first-order valence-electron chi connectivity index (χ1n) is 18.4. The van der Waals surface area contributed by atoms with E-state index in [2.05, 4.69) is 69.7 Å². The molecule has 4 saturated heterocycles. The van der Waals surface area contributed by atoms with Gasteiger partial charge in [-0.1, -0.05) is 60.7 Å². The van der Waals surface area contributed by atoms with E-state index < -0.39 is 11.7 Å². The molecule has 6 rings (SSSR count). The maximum absolute atomic E-state index is 12.6. The number of nitrogens with one attached hydrogen (secondary N) is 1. The number of hydrogen-bond acceptors (Lipinski definition) is 7. The first-order valence-corrected chi connectivity index (χ1v) is 18.4. The molecule has 4 aliphatic heterocycles. The number of ether oxygens (including phenoxy) is 1. The summed E-state index contributed by atoms with van der Waals surface area (Å²) in [6.45, 7) is 17.3. The van der Waals surface area contributed by atoms with Gasteiger partial charge in [-0.3, -0.25) is 24.3 Å². The van der Waals surface area contributed by atoms with Gasteiger partial charge in [0.25, 0.3) is 0 Å². The van der Waals surface area contributed by atoms with Crippen LogP contribution in [0.1, 0.15) is 57.6 Å². The van der Waals surface area contributed by atoms with Gasteiger partial charge in [-0.2, -0.15) is 0 Å². The van der Waals surface area contributed by atoms with Crippen LogP contribution < -0.4 is 5.32 Å². The molecule has 10 nitrogen and oxygen atoms in total. The van der Waals surface area contributed by atoms with Gasteiger partial charge in [-0.15, -0.1) is 24.8 Å². The second kappa shape index (κ2) is 21.0. The molecule has 0 saturated carbocycles. The number of piperazine rings is 2. The number of carbonyl (C=O) groups is 3. The molecule has 2 unspecified atom stereocenters. The number of likely N-dealkylation sites (tertiary alicyclic amines) is 2. The van der Waals surface area contributed by atoms with Gasteiger partial charge >= 0.3 is 6.09 Å². The summed E-state index contributed by atoms with van der Waals surface area (Å²) in [6.07, 6.45) is 4.43. The minimum absolute atomic E-state index is 0. The summed E-state index contributed by atoms with van der Waals surface area (Å²) >= 11 is 0. The average Bonchev–Trinajstić information content (AvgIpc) is 3.08. The molecule has 4 heterocycles. The van der Waals surface area contributed by atoms with Gasteiger partial charge in [0, 0.05) is 65.4 Å². The highest BCUT2D eigenvalue weighted by Crippen LogP contribution is 2.22. The van der Waals surface area contributed by atoms with Gasteiger partial charge in [0.2, 0.25) is 11.8 Å². The smallest absolute Gasteiger partial charge is 0.410 e. The van der Waals surface area contributed by atoms with E-state index in [9.17, 15) is 14.4 Å². The lowest BCUT2D eigenvalue weighted by atomic mass is 9.96. The molecule has 2 aromatic carbocycles. The maximum atomic E-state index is 12.6. The molecule has 12 heteroatoms. The zero-order valence-electron chi connectivity index (χ0n) is 30.8. The molecule has 0 aromatic heterocycles. The van der Waals surface area contributed by atoms with Crippen LogP contribution in [0.4, 0.5) is 4.79 Å². The predicted molar refractivity (Wildman–Crippen MR) is 207 cm³/mol. The van der Waals surface area contributed by atoms with Crippen LogP contribution in [0.3, 0.4) is 0 Å². The highest BCUT2D eigenvalue weighted by atomic mass is 35.5. The van der Waals surface area contributed by atoms with Gasteiger partial charge in [-0.05, 0) is 82.5 Å². The lowest BCUT2D eigenvalue weighted by molar-refractivity contribution is -0.137. The summed E-state index contributed by atoms with van der Waals surface area (Å²) in [5.41, 5.74) is 2.18. The van der Waals surface area contributed by atoms with E-state index in [1.807, 2.05) is 36.6 Å². The average molecular weight is 748 g/mol. The highest BCUT2D eigenvalue weighted by molar-refractivity contribution is 5.85. The van der Waals surface area contributed by atoms with Crippen molar-refractivity contribution in [2.24, 2.45) is 11.8 Å². The van der Waals surface area contributed by atoms with Crippen molar-refractivity contribution in [2.75, 3.05) is 78.5 Å². The van der Waals surface area contributed by atoms with Crippen molar-refractivity contribution < 1.29 is 19.1 Å². The Morgan fingerprint density at radius 2 is 1.24 bits per heavy atom. The molecule has 3 amide bonds. The van der Waals surface area contributed by atoms with Crippen molar-refractivity contribution >= 4 is 42.7 Å². The van der Waals surface area contributed by atoms with Gasteiger partial charge in [-0.25, -0.2) is 4.79 Å². The minimum Gasteiger partial charge on any atom is -0.444 e. The summed E-state index contributed by atoms with van der Waals surface area (Å²) in [5.74, 6) is 1.41. The third-order valence-electron chi connectivity index (χ3n) is 9.82. The molecule has 0 aliphatic carbocycles. The lowest BCUT2D eigenvalue weighted by Gasteiger charge is -2.39. The Hall–Kier alpha value is -2.89. The Morgan fingerprint density at radius 3 is 1.71 bits per heavy atom. The molecule has 0 bridgehead atoms.